The average Bonchev–Trinajstić information content (AvgIpc) is 2.42. The molecule has 3 nitrogen and oxygen atoms in total. The molecule has 110 valence electrons. The van der Waals surface area contributed by atoms with E-state index >= 15 is 0 Å². The number of carbonyl (C=O) groups is 1. The average molecular weight is 292 g/mol. The van der Waals surface area contributed by atoms with E-state index in [0.717, 1.165) is 35.7 Å². The van der Waals surface area contributed by atoms with Gasteiger partial charge < -0.3 is 10.2 Å². The van der Waals surface area contributed by atoms with Crippen LogP contribution in [0, 0.1) is 6.92 Å². The van der Waals surface area contributed by atoms with Gasteiger partial charge in [-0.1, -0.05) is 6.92 Å². The Labute approximate surface area is 126 Å². The zero-order chi connectivity index (χ0) is 14.7. The Bertz CT molecular complexity index is 489. The highest BCUT2D eigenvalue weighted by atomic mass is 32.2. The Morgan fingerprint density at radius 2 is 2.20 bits per heavy atom. The lowest BCUT2D eigenvalue weighted by atomic mass is 10.0. The Kier molecular flexibility index (Phi) is 4.97. The van der Waals surface area contributed by atoms with Crippen LogP contribution >= 0.6 is 11.8 Å². The van der Waals surface area contributed by atoms with Gasteiger partial charge in [-0.05, 0) is 44.5 Å². The first-order valence-electron chi connectivity index (χ1n) is 7.31. The van der Waals surface area contributed by atoms with E-state index in [1.54, 1.807) is 0 Å². The van der Waals surface area contributed by atoms with Crippen molar-refractivity contribution in [2.75, 3.05) is 24.2 Å². The molecule has 2 unspecified atom stereocenters. The lowest BCUT2D eigenvalue weighted by Gasteiger charge is -2.37. The van der Waals surface area contributed by atoms with Crippen molar-refractivity contribution in [1.29, 1.82) is 0 Å². The molecule has 1 aromatic carbocycles. The monoisotopic (exact) mass is 292 g/mol. The fourth-order valence-corrected chi connectivity index (χ4v) is 3.69. The molecule has 0 bridgehead atoms. The number of hydrogen-bond acceptors (Lipinski definition) is 3. The number of thioether (sulfide) groups is 1. The van der Waals surface area contributed by atoms with Crippen molar-refractivity contribution in [3.05, 3.63) is 29.3 Å². The normalized spacial score (nSPS) is 22.7. The number of carbonyl (C=O) groups excluding carboxylic acids is 1. The summed E-state index contributed by atoms with van der Waals surface area (Å²) in [7, 11) is 0. The molecule has 1 aliphatic rings. The van der Waals surface area contributed by atoms with Crippen LogP contribution < -0.4 is 5.32 Å². The van der Waals surface area contributed by atoms with E-state index in [4.69, 9.17) is 0 Å². The summed E-state index contributed by atoms with van der Waals surface area (Å²) >= 11 is 1.95. The Hall–Kier alpha value is -1.16. The van der Waals surface area contributed by atoms with Crippen molar-refractivity contribution >= 4 is 23.4 Å². The minimum atomic E-state index is 0.171. The van der Waals surface area contributed by atoms with Gasteiger partial charge in [-0.2, -0.15) is 11.8 Å². The second kappa shape index (κ2) is 6.53. The Morgan fingerprint density at radius 1 is 1.45 bits per heavy atom. The standard InChI is InChI=1S/C16H24N2OS/c1-5-17-14-6-7-15(11(2)10-14)16(19)18-8-9-20-13(4)12(18)3/h6-7,10,12-13,17H,5,8-9H2,1-4H3. The number of anilines is 1. The number of hydrogen-bond donors (Lipinski definition) is 1. The third-order valence-electron chi connectivity index (χ3n) is 3.98. The van der Waals surface area contributed by atoms with Gasteiger partial charge in [0.1, 0.15) is 0 Å². The first-order chi connectivity index (χ1) is 9.54. The van der Waals surface area contributed by atoms with E-state index in [1.165, 1.54) is 0 Å². The molecule has 1 N–H and O–H groups in total. The van der Waals surface area contributed by atoms with E-state index in [9.17, 15) is 4.79 Å². The summed E-state index contributed by atoms with van der Waals surface area (Å²) in [6.07, 6.45) is 0. The highest BCUT2D eigenvalue weighted by Crippen LogP contribution is 2.26. The number of aryl methyl sites for hydroxylation is 1. The van der Waals surface area contributed by atoms with Crippen LogP contribution in [0.15, 0.2) is 18.2 Å². The van der Waals surface area contributed by atoms with Gasteiger partial charge in [-0.3, -0.25) is 4.79 Å². The summed E-state index contributed by atoms with van der Waals surface area (Å²) in [5.74, 6) is 1.20. The molecule has 0 aliphatic carbocycles. The maximum Gasteiger partial charge on any atom is 0.254 e. The van der Waals surface area contributed by atoms with Crippen molar-refractivity contribution < 1.29 is 4.79 Å². The first-order valence-corrected chi connectivity index (χ1v) is 8.36. The molecule has 2 rings (SSSR count). The second-order valence-corrected chi connectivity index (χ2v) is 6.86. The second-order valence-electron chi connectivity index (χ2n) is 5.38. The zero-order valence-corrected chi connectivity index (χ0v) is 13.6. The Morgan fingerprint density at radius 3 is 2.85 bits per heavy atom. The quantitative estimate of drug-likeness (QED) is 0.927. The van der Waals surface area contributed by atoms with Crippen LogP contribution in [0.3, 0.4) is 0 Å². The lowest BCUT2D eigenvalue weighted by molar-refractivity contribution is 0.0697. The van der Waals surface area contributed by atoms with Crippen LogP contribution in [0.25, 0.3) is 0 Å². The maximum absolute atomic E-state index is 12.7. The van der Waals surface area contributed by atoms with Crippen molar-refractivity contribution in [2.24, 2.45) is 0 Å². The number of nitrogens with zero attached hydrogens (tertiary/aromatic N) is 1. The van der Waals surface area contributed by atoms with Gasteiger partial charge in [0, 0.05) is 41.4 Å². The highest BCUT2D eigenvalue weighted by Gasteiger charge is 2.29. The maximum atomic E-state index is 12.7. The minimum absolute atomic E-state index is 0.171. The van der Waals surface area contributed by atoms with Crippen LogP contribution in [0.4, 0.5) is 5.69 Å². The third kappa shape index (κ3) is 3.11. The van der Waals surface area contributed by atoms with Gasteiger partial charge in [0.2, 0.25) is 0 Å². The number of benzene rings is 1. The molecule has 1 fully saturated rings. The molecule has 0 aromatic heterocycles. The fourth-order valence-electron chi connectivity index (χ4n) is 2.59. The van der Waals surface area contributed by atoms with Crippen LogP contribution in [-0.2, 0) is 0 Å². The van der Waals surface area contributed by atoms with Gasteiger partial charge in [0.25, 0.3) is 5.91 Å². The molecule has 2 atom stereocenters. The molecule has 0 radical (unpaired) electrons. The Balaban J connectivity index is 2.20. The van der Waals surface area contributed by atoms with E-state index in [1.807, 2.05) is 35.7 Å². The van der Waals surface area contributed by atoms with E-state index in [-0.39, 0.29) is 5.91 Å². The fraction of sp³-hybridized carbons (Fsp3) is 0.562. The predicted octanol–water partition coefficient (Wildman–Crippen LogP) is 3.39. The van der Waals surface area contributed by atoms with Gasteiger partial charge in [0.15, 0.2) is 0 Å². The van der Waals surface area contributed by atoms with Crippen molar-refractivity contribution in [3.63, 3.8) is 0 Å². The van der Waals surface area contributed by atoms with Crippen molar-refractivity contribution in [1.82, 2.24) is 4.90 Å². The van der Waals surface area contributed by atoms with Crippen LogP contribution in [0.1, 0.15) is 36.7 Å². The molecule has 1 heterocycles. The van der Waals surface area contributed by atoms with Crippen molar-refractivity contribution in [2.45, 2.75) is 39.0 Å². The van der Waals surface area contributed by atoms with Crippen LogP contribution in [0.5, 0.6) is 0 Å². The highest BCUT2D eigenvalue weighted by molar-refractivity contribution is 8.00. The van der Waals surface area contributed by atoms with Gasteiger partial charge in [-0.15, -0.1) is 0 Å². The zero-order valence-electron chi connectivity index (χ0n) is 12.8. The molecule has 0 spiro atoms. The molecule has 0 saturated carbocycles. The number of rotatable bonds is 3. The largest absolute Gasteiger partial charge is 0.385 e. The van der Waals surface area contributed by atoms with Crippen LogP contribution in [0.2, 0.25) is 0 Å². The van der Waals surface area contributed by atoms with Gasteiger partial charge in [0.05, 0.1) is 0 Å². The van der Waals surface area contributed by atoms with E-state index in [0.29, 0.717) is 11.3 Å². The molecule has 1 saturated heterocycles. The summed E-state index contributed by atoms with van der Waals surface area (Å²) in [6, 6.07) is 6.31. The minimum Gasteiger partial charge on any atom is -0.385 e. The molecular weight excluding hydrogens is 268 g/mol. The molecule has 4 heteroatoms. The number of amides is 1. The topological polar surface area (TPSA) is 32.3 Å². The molecule has 1 aliphatic heterocycles. The lowest BCUT2D eigenvalue weighted by Crippen LogP contribution is -2.48. The SMILES string of the molecule is CCNc1ccc(C(=O)N2CCSC(C)C2C)c(C)c1. The third-order valence-corrected chi connectivity index (χ3v) is 5.32. The summed E-state index contributed by atoms with van der Waals surface area (Å²) in [5, 5.41) is 3.79. The van der Waals surface area contributed by atoms with Gasteiger partial charge >= 0.3 is 0 Å². The van der Waals surface area contributed by atoms with E-state index < -0.39 is 0 Å². The summed E-state index contributed by atoms with van der Waals surface area (Å²) in [4.78, 5) is 14.8. The van der Waals surface area contributed by atoms with Gasteiger partial charge in [-0.25, -0.2) is 0 Å². The summed E-state index contributed by atoms with van der Waals surface area (Å²) in [6.45, 7) is 10.2. The molecule has 1 aromatic rings. The number of nitrogens with one attached hydrogen (secondary N) is 1. The molecular formula is C16H24N2OS. The van der Waals surface area contributed by atoms with E-state index in [2.05, 4.69) is 32.2 Å². The molecule has 1 amide bonds. The summed E-state index contributed by atoms with van der Waals surface area (Å²) < 4.78 is 0. The van der Waals surface area contributed by atoms with Crippen LogP contribution in [-0.4, -0.2) is 40.9 Å². The first kappa shape index (κ1) is 15.2. The summed E-state index contributed by atoms with van der Waals surface area (Å²) in [5.41, 5.74) is 2.96. The van der Waals surface area contributed by atoms with Crippen molar-refractivity contribution in [3.8, 4) is 0 Å². The smallest absolute Gasteiger partial charge is 0.254 e. The molecule has 20 heavy (non-hydrogen) atoms. The predicted molar refractivity (Wildman–Crippen MR) is 87.8 cm³/mol.